The van der Waals surface area contributed by atoms with Gasteiger partial charge >= 0.3 is 0 Å². The van der Waals surface area contributed by atoms with Gasteiger partial charge in [-0.05, 0) is 37.6 Å². The van der Waals surface area contributed by atoms with Gasteiger partial charge in [0.15, 0.2) is 0 Å². The van der Waals surface area contributed by atoms with Crippen molar-refractivity contribution in [1.29, 1.82) is 0 Å². The molecule has 0 radical (unpaired) electrons. The highest BCUT2D eigenvalue weighted by Gasteiger charge is 2.54. The van der Waals surface area contributed by atoms with E-state index in [1.807, 2.05) is 24.4 Å². The number of aromatic nitrogens is 1. The zero-order chi connectivity index (χ0) is 15.9. The molecule has 2 aliphatic rings. The van der Waals surface area contributed by atoms with Crippen LogP contribution in [0.25, 0.3) is 10.8 Å². The Labute approximate surface area is 139 Å². The third kappa shape index (κ3) is 2.63. The number of oxazole rings is 1. The summed E-state index contributed by atoms with van der Waals surface area (Å²) >= 11 is 1.63. The van der Waals surface area contributed by atoms with Crippen molar-refractivity contribution in [2.75, 3.05) is 13.2 Å². The molecule has 1 aliphatic heterocycles. The van der Waals surface area contributed by atoms with Crippen LogP contribution in [0.1, 0.15) is 30.7 Å². The molecule has 2 atom stereocenters. The Balaban J connectivity index is 1.43. The maximum atomic E-state index is 10.2. The molecule has 5 nitrogen and oxygen atoms in total. The first-order chi connectivity index (χ1) is 11.2. The highest BCUT2D eigenvalue weighted by molar-refractivity contribution is 7.13. The smallest absolute Gasteiger partial charge is 0.236 e. The van der Waals surface area contributed by atoms with E-state index >= 15 is 0 Å². The normalized spacial score (nSPS) is 26.3. The number of thiophene rings is 1. The Morgan fingerprint density at radius 1 is 1.43 bits per heavy atom. The first-order valence-electron chi connectivity index (χ1n) is 8.18. The zero-order valence-corrected chi connectivity index (χ0v) is 14.1. The Morgan fingerprint density at radius 2 is 2.26 bits per heavy atom. The molecule has 0 unspecified atom stereocenters. The molecule has 1 aliphatic carbocycles. The number of aryl methyl sites for hydroxylation is 1. The molecule has 0 bridgehead atoms. The second kappa shape index (κ2) is 6.02. The Bertz CT molecular complexity index is 661. The minimum atomic E-state index is -0.205. The van der Waals surface area contributed by atoms with E-state index in [9.17, 15) is 5.11 Å². The molecule has 0 aromatic carbocycles. The summed E-state index contributed by atoms with van der Waals surface area (Å²) in [7, 11) is 0. The largest absolute Gasteiger partial charge is 0.440 e. The summed E-state index contributed by atoms with van der Waals surface area (Å²) in [6, 6.07) is 4.36. The van der Waals surface area contributed by atoms with E-state index in [-0.39, 0.29) is 11.5 Å². The second-order valence-electron chi connectivity index (χ2n) is 6.53. The van der Waals surface area contributed by atoms with Crippen LogP contribution in [0.3, 0.4) is 0 Å². The monoisotopic (exact) mass is 334 g/mol. The lowest BCUT2D eigenvalue weighted by Gasteiger charge is -2.56. The number of aliphatic hydroxyl groups is 1. The van der Waals surface area contributed by atoms with E-state index in [0.29, 0.717) is 18.5 Å². The lowest BCUT2D eigenvalue weighted by molar-refractivity contribution is -0.149. The predicted octanol–water partition coefficient (Wildman–Crippen LogP) is 2.73. The number of rotatable bonds is 4. The molecular formula is C17H22N2O3S. The van der Waals surface area contributed by atoms with Gasteiger partial charge in [0, 0.05) is 31.2 Å². The van der Waals surface area contributed by atoms with Gasteiger partial charge < -0.3 is 19.6 Å². The summed E-state index contributed by atoms with van der Waals surface area (Å²) in [6.07, 6.45) is 2.48. The molecule has 124 valence electrons. The van der Waals surface area contributed by atoms with Gasteiger partial charge in [-0.15, -0.1) is 11.3 Å². The Hall–Kier alpha value is -1.21. The van der Waals surface area contributed by atoms with Crippen molar-refractivity contribution in [3.63, 3.8) is 0 Å². The standard InChI is InChI=1S/C17H22N2O3S/c1-11-12(19-16(22-11)13-3-2-8-23-13)10-18-14-9-15(20)17(14)4-6-21-7-5-17/h2-3,8,14-15,18,20H,4-7,9-10H2,1H3/t14-,15-/m1/s1. The number of nitrogens with zero attached hydrogens (tertiary/aromatic N) is 1. The number of nitrogens with one attached hydrogen (secondary N) is 1. The summed E-state index contributed by atoms with van der Waals surface area (Å²) in [5.41, 5.74) is 0.948. The van der Waals surface area contributed by atoms with Crippen molar-refractivity contribution in [2.24, 2.45) is 5.41 Å². The summed E-state index contributed by atoms with van der Waals surface area (Å²) in [4.78, 5) is 5.68. The van der Waals surface area contributed by atoms with Gasteiger partial charge in [0.2, 0.25) is 5.89 Å². The molecule has 1 saturated carbocycles. The molecule has 1 spiro atoms. The summed E-state index contributed by atoms with van der Waals surface area (Å²) in [6.45, 7) is 4.14. The first-order valence-corrected chi connectivity index (χ1v) is 9.06. The van der Waals surface area contributed by atoms with Crippen LogP contribution in [0.4, 0.5) is 0 Å². The zero-order valence-electron chi connectivity index (χ0n) is 13.2. The van der Waals surface area contributed by atoms with Crippen LogP contribution >= 0.6 is 11.3 Å². The van der Waals surface area contributed by atoms with Crippen LogP contribution in [-0.4, -0.2) is 35.5 Å². The van der Waals surface area contributed by atoms with Crippen molar-refractivity contribution < 1.29 is 14.3 Å². The van der Waals surface area contributed by atoms with Crippen molar-refractivity contribution >= 4 is 11.3 Å². The van der Waals surface area contributed by atoms with Crippen LogP contribution in [0.5, 0.6) is 0 Å². The van der Waals surface area contributed by atoms with Crippen LogP contribution in [0, 0.1) is 12.3 Å². The van der Waals surface area contributed by atoms with Crippen LogP contribution in [0.15, 0.2) is 21.9 Å². The fourth-order valence-electron chi connectivity index (χ4n) is 3.80. The average Bonchev–Trinajstić information content (AvgIpc) is 3.22. The van der Waals surface area contributed by atoms with Crippen LogP contribution < -0.4 is 5.32 Å². The second-order valence-corrected chi connectivity index (χ2v) is 7.48. The molecular weight excluding hydrogens is 312 g/mol. The molecule has 4 rings (SSSR count). The number of hydrogen-bond acceptors (Lipinski definition) is 6. The van der Waals surface area contributed by atoms with Gasteiger partial charge in [-0.1, -0.05) is 6.07 Å². The molecule has 2 aromatic heterocycles. The Kier molecular flexibility index (Phi) is 4.01. The van der Waals surface area contributed by atoms with E-state index in [1.165, 1.54) is 0 Å². The van der Waals surface area contributed by atoms with Crippen molar-refractivity contribution in [3.05, 3.63) is 29.0 Å². The number of hydrogen-bond donors (Lipinski definition) is 2. The third-order valence-electron chi connectivity index (χ3n) is 5.38. The lowest BCUT2D eigenvalue weighted by atomic mass is 9.58. The van der Waals surface area contributed by atoms with Crippen LogP contribution in [0.2, 0.25) is 0 Å². The quantitative estimate of drug-likeness (QED) is 0.900. The van der Waals surface area contributed by atoms with Crippen molar-refractivity contribution in [2.45, 2.75) is 44.9 Å². The molecule has 3 heterocycles. The predicted molar refractivity (Wildman–Crippen MR) is 88.3 cm³/mol. The minimum absolute atomic E-state index is 0.00747. The topological polar surface area (TPSA) is 67.5 Å². The maximum absolute atomic E-state index is 10.2. The van der Waals surface area contributed by atoms with E-state index in [0.717, 1.165) is 48.8 Å². The SMILES string of the molecule is Cc1oc(-c2cccs2)nc1CN[C@@H]1C[C@@H](O)C12CCOCC2. The number of aliphatic hydroxyl groups excluding tert-OH is 1. The van der Waals surface area contributed by atoms with Crippen LogP contribution in [-0.2, 0) is 11.3 Å². The van der Waals surface area contributed by atoms with Gasteiger partial charge in [0.1, 0.15) is 5.76 Å². The van der Waals surface area contributed by atoms with Crippen molar-refractivity contribution in [1.82, 2.24) is 10.3 Å². The Morgan fingerprint density at radius 3 is 2.96 bits per heavy atom. The van der Waals surface area contributed by atoms with Gasteiger partial charge in [-0.2, -0.15) is 0 Å². The van der Waals surface area contributed by atoms with Gasteiger partial charge in [-0.3, -0.25) is 0 Å². The maximum Gasteiger partial charge on any atom is 0.236 e. The van der Waals surface area contributed by atoms with E-state index in [4.69, 9.17) is 9.15 Å². The molecule has 2 aromatic rings. The fraction of sp³-hybridized carbons (Fsp3) is 0.588. The molecule has 2 N–H and O–H groups in total. The van der Waals surface area contributed by atoms with E-state index in [2.05, 4.69) is 10.3 Å². The summed E-state index contributed by atoms with van der Waals surface area (Å²) < 4.78 is 11.2. The highest BCUT2D eigenvalue weighted by atomic mass is 32.1. The molecule has 6 heteroatoms. The lowest BCUT2D eigenvalue weighted by Crippen LogP contribution is -2.64. The van der Waals surface area contributed by atoms with Crippen molar-refractivity contribution in [3.8, 4) is 10.8 Å². The van der Waals surface area contributed by atoms with E-state index < -0.39 is 0 Å². The highest BCUT2D eigenvalue weighted by Crippen LogP contribution is 2.49. The van der Waals surface area contributed by atoms with Gasteiger partial charge in [0.05, 0.1) is 16.7 Å². The molecule has 0 amide bonds. The number of ether oxygens (including phenoxy) is 1. The van der Waals surface area contributed by atoms with E-state index in [1.54, 1.807) is 11.3 Å². The first kappa shape index (κ1) is 15.3. The molecule has 23 heavy (non-hydrogen) atoms. The van der Waals surface area contributed by atoms with Gasteiger partial charge in [0.25, 0.3) is 0 Å². The third-order valence-corrected chi connectivity index (χ3v) is 6.24. The molecule has 2 fully saturated rings. The fourth-order valence-corrected chi connectivity index (χ4v) is 4.45. The minimum Gasteiger partial charge on any atom is -0.440 e. The summed E-state index contributed by atoms with van der Waals surface area (Å²) in [5.74, 6) is 1.56. The van der Waals surface area contributed by atoms with Gasteiger partial charge in [-0.25, -0.2) is 4.98 Å². The molecule has 1 saturated heterocycles. The summed E-state index contributed by atoms with van der Waals surface area (Å²) in [5, 5.41) is 15.9. The average molecular weight is 334 g/mol.